The van der Waals surface area contributed by atoms with Crippen molar-refractivity contribution in [2.24, 2.45) is 5.92 Å². The van der Waals surface area contributed by atoms with Crippen LogP contribution in [0.1, 0.15) is 57.8 Å². The lowest BCUT2D eigenvalue weighted by Gasteiger charge is -2.35. The van der Waals surface area contributed by atoms with Crippen LogP contribution in [0.2, 0.25) is 0 Å². The first-order valence-corrected chi connectivity index (χ1v) is 9.99. The van der Waals surface area contributed by atoms with Crippen LogP contribution in [0.15, 0.2) is 11.6 Å². The van der Waals surface area contributed by atoms with Crippen LogP contribution in [0.4, 0.5) is 0 Å². The summed E-state index contributed by atoms with van der Waals surface area (Å²) >= 11 is 0. The van der Waals surface area contributed by atoms with Crippen LogP contribution in [0.5, 0.6) is 0 Å². The van der Waals surface area contributed by atoms with Gasteiger partial charge in [0.1, 0.15) is 17.8 Å². The minimum Gasteiger partial charge on any atom is -0.456 e. The van der Waals surface area contributed by atoms with Gasteiger partial charge in [0.15, 0.2) is 5.60 Å². The molecule has 6 aliphatic rings. The summed E-state index contributed by atoms with van der Waals surface area (Å²) in [6.45, 7) is 1.47. The molecule has 0 aromatic carbocycles. The van der Waals surface area contributed by atoms with Gasteiger partial charge in [-0.25, -0.2) is 0 Å². The summed E-state index contributed by atoms with van der Waals surface area (Å²) < 4.78 is 22.2. The molecule has 0 N–H and O–H groups in total. The SMILES string of the molecule is O=C1C[C@@H]2OCC3=CCCC[C@]32O1.O=C1C[C@@H]2OC[C@@H]3CCCC[C@]32O1. The standard InChI is InChI=1S/C10H14O3.C10H12O3/c2*11-9-5-8-10(13-9)4-2-1-3-7(10)6-12-8/h7-8H,1-6H2;3,8H,1-2,4-6H2/t7-,8-,10-;8-,10-/m00/s1. The summed E-state index contributed by atoms with van der Waals surface area (Å²) in [7, 11) is 0. The molecule has 4 heterocycles. The largest absolute Gasteiger partial charge is 0.456 e. The van der Waals surface area contributed by atoms with Crippen molar-refractivity contribution in [2.45, 2.75) is 81.2 Å². The van der Waals surface area contributed by atoms with Crippen LogP contribution in [-0.4, -0.2) is 48.6 Å². The summed E-state index contributed by atoms with van der Waals surface area (Å²) in [6, 6.07) is 0. The second-order valence-corrected chi connectivity index (χ2v) is 8.39. The first-order chi connectivity index (χ1) is 12.6. The second-order valence-electron chi connectivity index (χ2n) is 8.39. The Morgan fingerprint density at radius 1 is 0.923 bits per heavy atom. The number of rotatable bonds is 0. The van der Waals surface area contributed by atoms with Gasteiger partial charge >= 0.3 is 11.9 Å². The van der Waals surface area contributed by atoms with Crippen LogP contribution in [0, 0.1) is 5.92 Å². The van der Waals surface area contributed by atoms with E-state index < -0.39 is 0 Å². The van der Waals surface area contributed by atoms with Crippen LogP contribution in [0.3, 0.4) is 0 Å². The number of allylic oxidation sites excluding steroid dienone is 1. The maximum atomic E-state index is 11.2. The van der Waals surface area contributed by atoms with Gasteiger partial charge in [0.25, 0.3) is 0 Å². The molecule has 0 radical (unpaired) electrons. The number of carbonyl (C=O) groups excluding carboxylic acids is 2. The van der Waals surface area contributed by atoms with Crippen molar-refractivity contribution in [1.82, 2.24) is 0 Å². The Bertz CT molecular complexity index is 655. The fourth-order valence-corrected chi connectivity index (χ4v) is 5.75. The lowest BCUT2D eigenvalue weighted by atomic mass is 9.75. The van der Waals surface area contributed by atoms with Gasteiger partial charge in [-0.2, -0.15) is 0 Å². The highest BCUT2D eigenvalue weighted by atomic mass is 16.6. The van der Waals surface area contributed by atoms with Gasteiger partial charge in [-0.05, 0) is 44.1 Å². The third kappa shape index (κ3) is 2.38. The summed E-state index contributed by atoms with van der Waals surface area (Å²) in [5, 5.41) is 0. The summed E-state index contributed by atoms with van der Waals surface area (Å²) in [6.07, 6.45) is 11.0. The number of esters is 2. The summed E-state index contributed by atoms with van der Waals surface area (Å²) in [4.78, 5) is 22.4. The maximum absolute atomic E-state index is 11.2. The molecule has 26 heavy (non-hydrogen) atoms. The van der Waals surface area contributed by atoms with Gasteiger partial charge in [-0.3, -0.25) is 9.59 Å². The van der Waals surface area contributed by atoms with Gasteiger partial charge in [-0.1, -0.05) is 12.5 Å². The fraction of sp³-hybridized carbons (Fsp3) is 0.800. The first kappa shape index (κ1) is 16.8. The van der Waals surface area contributed by atoms with E-state index in [0.717, 1.165) is 32.3 Å². The Balaban J connectivity index is 0.000000115. The molecule has 4 saturated heterocycles. The molecule has 5 atom stereocenters. The molecule has 0 bridgehead atoms. The molecule has 6 heteroatoms. The fourth-order valence-electron chi connectivity index (χ4n) is 5.75. The van der Waals surface area contributed by atoms with E-state index in [0.29, 0.717) is 25.4 Å². The smallest absolute Gasteiger partial charge is 0.309 e. The highest BCUT2D eigenvalue weighted by Gasteiger charge is 2.60. The van der Waals surface area contributed by atoms with E-state index in [-0.39, 0.29) is 35.3 Å². The van der Waals surface area contributed by atoms with Gasteiger partial charge in [0.2, 0.25) is 0 Å². The van der Waals surface area contributed by atoms with E-state index in [1.54, 1.807) is 0 Å². The molecular formula is C20H26O6. The van der Waals surface area contributed by atoms with Crippen LogP contribution in [0.25, 0.3) is 0 Å². The molecular weight excluding hydrogens is 336 g/mol. The minimum absolute atomic E-state index is 0.00606. The average molecular weight is 362 g/mol. The van der Waals surface area contributed by atoms with E-state index in [1.165, 1.54) is 24.8 Å². The van der Waals surface area contributed by atoms with Crippen LogP contribution >= 0.6 is 0 Å². The van der Waals surface area contributed by atoms with E-state index >= 15 is 0 Å². The predicted octanol–water partition coefficient (Wildman–Crippen LogP) is 2.44. The lowest BCUT2D eigenvalue weighted by Crippen LogP contribution is -2.43. The number of ether oxygens (including phenoxy) is 4. The molecule has 6 rings (SSSR count). The Morgan fingerprint density at radius 2 is 1.77 bits per heavy atom. The monoisotopic (exact) mass is 362 g/mol. The van der Waals surface area contributed by atoms with Crippen molar-refractivity contribution < 1.29 is 28.5 Å². The molecule has 0 amide bonds. The Kier molecular flexibility index (Phi) is 3.90. The van der Waals surface area contributed by atoms with Gasteiger partial charge in [-0.15, -0.1) is 0 Å². The number of hydrogen-bond acceptors (Lipinski definition) is 6. The molecule has 142 valence electrons. The molecule has 2 spiro atoms. The predicted molar refractivity (Wildman–Crippen MR) is 90.3 cm³/mol. The van der Waals surface area contributed by atoms with Crippen molar-refractivity contribution in [2.75, 3.05) is 13.2 Å². The highest BCUT2D eigenvalue weighted by molar-refractivity contribution is 5.75. The first-order valence-electron chi connectivity index (χ1n) is 9.99. The molecule has 0 aromatic rings. The molecule has 0 unspecified atom stereocenters. The molecule has 4 aliphatic heterocycles. The van der Waals surface area contributed by atoms with Gasteiger partial charge in [0.05, 0.1) is 26.1 Å². The molecule has 6 nitrogen and oxygen atoms in total. The van der Waals surface area contributed by atoms with E-state index in [4.69, 9.17) is 18.9 Å². The number of carbonyl (C=O) groups is 2. The van der Waals surface area contributed by atoms with Gasteiger partial charge in [0, 0.05) is 5.92 Å². The molecule has 2 aliphatic carbocycles. The van der Waals surface area contributed by atoms with E-state index in [2.05, 4.69) is 6.08 Å². The topological polar surface area (TPSA) is 71.1 Å². The van der Waals surface area contributed by atoms with Gasteiger partial charge < -0.3 is 18.9 Å². The Morgan fingerprint density at radius 3 is 2.69 bits per heavy atom. The van der Waals surface area contributed by atoms with Crippen LogP contribution < -0.4 is 0 Å². The van der Waals surface area contributed by atoms with Crippen LogP contribution in [-0.2, 0) is 28.5 Å². The highest BCUT2D eigenvalue weighted by Crippen LogP contribution is 2.50. The van der Waals surface area contributed by atoms with E-state index in [9.17, 15) is 9.59 Å². The van der Waals surface area contributed by atoms with Crippen molar-refractivity contribution in [1.29, 1.82) is 0 Å². The molecule has 0 aromatic heterocycles. The average Bonchev–Trinajstić information content (AvgIpc) is 3.30. The lowest BCUT2D eigenvalue weighted by molar-refractivity contribution is -0.154. The normalized spacial score (nSPS) is 45.4. The number of hydrogen-bond donors (Lipinski definition) is 0. The Labute approximate surface area is 153 Å². The van der Waals surface area contributed by atoms with Crippen molar-refractivity contribution >= 4 is 11.9 Å². The Hall–Kier alpha value is -1.40. The van der Waals surface area contributed by atoms with E-state index in [1.807, 2.05) is 0 Å². The minimum atomic E-state index is -0.338. The summed E-state index contributed by atoms with van der Waals surface area (Å²) in [5.41, 5.74) is 0.666. The quantitative estimate of drug-likeness (QED) is 0.487. The zero-order chi connectivity index (χ0) is 17.8. The van der Waals surface area contributed by atoms with Crippen molar-refractivity contribution in [3.05, 3.63) is 11.6 Å². The van der Waals surface area contributed by atoms with Crippen molar-refractivity contribution in [3.63, 3.8) is 0 Å². The molecule has 1 saturated carbocycles. The summed E-state index contributed by atoms with van der Waals surface area (Å²) in [5.74, 6) is 0.326. The second kappa shape index (κ2) is 6.06. The molecule has 5 fully saturated rings. The van der Waals surface area contributed by atoms with Crippen molar-refractivity contribution in [3.8, 4) is 0 Å². The zero-order valence-corrected chi connectivity index (χ0v) is 15.0. The zero-order valence-electron chi connectivity index (χ0n) is 15.0. The third-order valence-corrected chi connectivity index (χ3v) is 7.06. The maximum Gasteiger partial charge on any atom is 0.309 e. The third-order valence-electron chi connectivity index (χ3n) is 7.06.